The molecule has 0 radical (unpaired) electrons. The third-order valence-corrected chi connectivity index (χ3v) is 2.97. The lowest BCUT2D eigenvalue weighted by Gasteiger charge is -2.39. The van der Waals surface area contributed by atoms with Crippen LogP contribution in [-0.4, -0.2) is 57.7 Å². The van der Waals surface area contributed by atoms with E-state index >= 15 is 0 Å². The zero-order valence-electron chi connectivity index (χ0n) is 6.93. The molecule has 3 N–H and O–H groups in total. The molecule has 0 aromatic heterocycles. The van der Waals surface area contributed by atoms with Gasteiger partial charge in [0.25, 0.3) is 0 Å². The van der Waals surface area contributed by atoms with E-state index in [-0.39, 0.29) is 6.04 Å². The van der Waals surface area contributed by atoms with Crippen LogP contribution in [-0.2, 0) is 0 Å². The molecule has 0 aliphatic carbocycles. The summed E-state index contributed by atoms with van der Waals surface area (Å²) < 4.78 is 0. The van der Waals surface area contributed by atoms with Crippen molar-refractivity contribution in [2.75, 3.05) is 13.1 Å². The number of hydrogen-bond donors (Lipinski definition) is 3. The maximum atomic E-state index is 9.57. The van der Waals surface area contributed by atoms with Crippen molar-refractivity contribution in [1.82, 2.24) is 4.90 Å². The Bertz CT molecular complexity index is 176. The van der Waals surface area contributed by atoms with Gasteiger partial charge in [0.2, 0.25) is 0 Å². The van der Waals surface area contributed by atoms with Gasteiger partial charge in [-0.3, -0.25) is 4.90 Å². The Morgan fingerprint density at radius 2 is 1.83 bits per heavy atom. The molecule has 12 heavy (non-hydrogen) atoms. The Morgan fingerprint density at radius 3 is 2.58 bits per heavy atom. The highest BCUT2D eigenvalue weighted by Gasteiger charge is 2.42. The first-order valence-electron chi connectivity index (χ1n) is 4.48. The van der Waals surface area contributed by atoms with E-state index in [1.165, 1.54) is 0 Å². The molecule has 4 nitrogen and oxygen atoms in total. The van der Waals surface area contributed by atoms with Crippen LogP contribution in [0.3, 0.4) is 0 Å². The van der Waals surface area contributed by atoms with Crippen molar-refractivity contribution >= 4 is 0 Å². The standard InChI is InChI=1S/C8H15NO3/c10-6-4-9-3-1-2-5(9)7(11)8(6)12/h5-8,10-12H,1-4H2/t5-,6-,7+,8+/m0/s1. The van der Waals surface area contributed by atoms with Gasteiger partial charge in [0.05, 0.1) is 12.2 Å². The average molecular weight is 173 g/mol. The number of aliphatic hydroxyl groups excluding tert-OH is 3. The Balaban J connectivity index is 2.10. The highest BCUT2D eigenvalue weighted by Crippen LogP contribution is 2.27. The van der Waals surface area contributed by atoms with Crippen molar-refractivity contribution in [3.8, 4) is 0 Å². The van der Waals surface area contributed by atoms with Gasteiger partial charge in [-0.25, -0.2) is 0 Å². The summed E-state index contributed by atoms with van der Waals surface area (Å²) in [5.41, 5.74) is 0. The molecule has 2 rings (SSSR count). The summed E-state index contributed by atoms with van der Waals surface area (Å²) in [6.07, 6.45) is -0.513. The van der Waals surface area contributed by atoms with Crippen LogP contribution in [0.1, 0.15) is 12.8 Å². The molecule has 2 heterocycles. The van der Waals surface area contributed by atoms with Crippen molar-refractivity contribution in [3.63, 3.8) is 0 Å². The topological polar surface area (TPSA) is 63.9 Å². The average Bonchev–Trinajstić information content (AvgIpc) is 2.48. The van der Waals surface area contributed by atoms with E-state index in [2.05, 4.69) is 4.90 Å². The van der Waals surface area contributed by atoms with Gasteiger partial charge in [0.1, 0.15) is 6.10 Å². The third-order valence-electron chi connectivity index (χ3n) is 2.97. The Hall–Kier alpha value is -0.160. The second kappa shape index (κ2) is 2.96. The first-order valence-corrected chi connectivity index (χ1v) is 4.48. The van der Waals surface area contributed by atoms with Gasteiger partial charge in [0, 0.05) is 12.6 Å². The first-order chi connectivity index (χ1) is 5.70. The molecule has 2 aliphatic heterocycles. The van der Waals surface area contributed by atoms with E-state index in [1.54, 1.807) is 0 Å². The summed E-state index contributed by atoms with van der Waals surface area (Å²) in [6, 6.07) is 0.0726. The molecule has 2 aliphatic rings. The van der Waals surface area contributed by atoms with E-state index in [1.807, 2.05) is 0 Å². The normalized spacial score (nSPS) is 49.2. The van der Waals surface area contributed by atoms with Crippen LogP contribution in [0.2, 0.25) is 0 Å². The van der Waals surface area contributed by atoms with Gasteiger partial charge in [-0.15, -0.1) is 0 Å². The van der Waals surface area contributed by atoms with Gasteiger partial charge in [0.15, 0.2) is 0 Å². The molecule has 0 saturated carbocycles. The molecule has 0 aromatic carbocycles. The second-order valence-electron chi connectivity index (χ2n) is 3.75. The van der Waals surface area contributed by atoms with Gasteiger partial charge in [-0.2, -0.15) is 0 Å². The molecule has 0 bridgehead atoms. The SMILES string of the molecule is O[C@H]1[C@H](O)[C@@H]2CCCN2C[C@@H]1O. The maximum Gasteiger partial charge on any atom is 0.108 e. The maximum absolute atomic E-state index is 9.57. The Morgan fingerprint density at radius 1 is 1.08 bits per heavy atom. The van der Waals surface area contributed by atoms with Crippen LogP contribution >= 0.6 is 0 Å². The highest BCUT2D eigenvalue weighted by atomic mass is 16.4. The number of aliphatic hydroxyl groups is 3. The van der Waals surface area contributed by atoms with Crippen molar-refractivity contribution in [2.24, 2.45) is 0 Å². The van der Waals surface area contributed by atoms with Crippen LogP contribution in [0.4, 0.5) is 0 Å². The summed E-state index contributed by atoms with van der Waals surface area (Å²) in [7, 11) is 0. The molecular formula is C8H15NO3. The molecule has 0 amide bonds. The van der Waals surface area contributed by atoms with E-state index in [0.717, 1.165) is 19.4 Å². The lowest BCUT2D eigenvalue weighted by Crippen LogP contribution is -2.58. The van der Waals surface area contributed by atoms with E-state index < -0.39 is 18.3 Å². The van der Waals surface area contributed by atoms with Crippen molar-refractivity contribution in [2.45, 2.75) is 37.2 Å². The molecule has 0 spiro atoms. The molecule has 0 unspecified atom stereocenters. The van der Waals surface area contributed by atoms with Crippen LogP contribution in [0.25, 0.3) is 0 Å². The minimum atomic E-state index is -0.954. The van der Waals surface area contributed by atoms with Crippen molar-refractivity contribution in [1.29, 1.82) is 0 Å². The molecule has 70 valence electrons. The van der Waals surface area contributed by atoms with Gasteiger partial charge in [-0.1, -0.05) is 0 Å². The van der Waals surface area contributed by atoms with Gasteiger partial charge < -0.3 is 15.3 Å². The van der Waals surface area contributed by atoms with Crippen LogP contribution < -0.4 is 0 Å². The number of nitrogens with zero attached hydrogens (tertiary/aromatic N) is 1. The first kappa shape index (κ1) is 8.44. The highest BCUT2D eigenvalue weighted by molar-refractivity contribution is 4.97. The van der Waals surface area contributed by atoms with Gasteiger partial charge >= 0.3 is 0 Å². The zero-order chi connectivity index (χ0) is 8.72. The number of rotatable bonds is 0. The molecule has 2 saturated heterocycles. The summed E-state index contributed by atoms with van der Waals surface area (Å²) in [5.74, 6) is 0. The van der Waals surface area contributed by atoms with Crippen LogP contribution in [0.15, 0.2) is 0 Å². The predicted octanol–water partition coefficient (Wildman–Crippen LogP) is -1.45. The predicted molar refractivity (Wildman–Crippen MR) is 42.6 cm³/mol. The lowest BCUT2D eigenvalue weighted by atomic mass is 9.94. The fourth-order valence-electron chi connectivity index (χ4n) is 2.27. The third kappa shape index (κ3) is 1.15. The number of piperidine rings is 1. The fourth-order valence-corrected chi connectivity index (χ4v) is 2.27. The van der Waals surface area contributed by atoms with E-state index in [4.69, 9.17) is 0 Å². The zero-order valence-corrected chi connectivity index (χ0v) is 6.93. The molecule has 4 atom stereocenters. The number of fused-ring (bicyclic) bond motifs is 1. The minimum absolute atomic E-state index is 0.0726. The largest absolute Gasteiger partial charge is 0.389 e. The monoisotopic (exact) mass is 173 g/mol. The molecule has 2 fully saturated rings. The summed E-state index contributed by atoms with van der Waals surface area (Å²) >= 11 is 0. The lowest BCUT2D eigenvalue weighted by molar-refractivity contribution is -0.127. The van der Waals surface area contributed by atoms with Crippen molar-refractivity contribution < 1.29 is 15.3 Å². The van der Waals surface area contributed by atoms with Crippen LogP contribution in [0.5, 0.6) is 0 Å². The summed E-state index contributed by atoms with van der Waals surface area (Å²) in [4.78, 5) is 2.06. The molecular weight excluding hydrogens is 158 g/mol. The van der Waals surface area contributed by atoms with Crippen LogP contribution in [0, 0.1) is 0 Å². The Labute approximate surface area is 71.4 Å². The van der Waals surface area contributed by atoms with Crippen molar-refractivity contribution in [3.05, 3.63) is 0 Å². The fraction of sp³-hybridized carbons (Fsp3) is 1.00. The molecule has 4 heteroatoms. The second-order valence-corrected chi connectivity index (χ2v) is 3.75. The minimum Gasteiger partial charge on any atom is -0.389 e. The van der Waals surface area contributed by atoms with E-state index in [0.29, 0.717) is 6.54 Å². The summed E-state index contributed by atoms with van der Waals surface area (Å²) in [6.45, 7) is 1.44. The van der Waals surface area contributed by atoms with Gasteiger partial charge in [-0.05, 0) is 19.4 Å². The number of hydrogen-bond acceptors (Lipinski definition) is 4. The molecule has 0 aromatic rings. The quantitative estimate of drug-likeness (QED) is 0.419. The smallest absolute Gasteiger partial charge is 0.108 e. The Kier molecular flexibility index (Phi) is 2.08. The summed E-state index contributed by atoms with van der Waals surface area (Å²) in [5, 5.41) is 28.3. The van der Waals surface area contributed by atoms with E-state index in [9.17, 15) is 15.3 Å².